The van der Waals surface area contributed by atoms with Gasteiger partial charge in [-0.15, -0.1) is 10.2 Å². The highest BCUT2D eigenvalue weighted by Gasteiger charge is 2.18. The third-order valence-electron chi connectivity index (χ3n) is 4.74. The number of ether oxygens (including phenoxy) is 1. The lowest BCUT2D eigenvalue weighted by atomic mass is 10.1. The second-order valence-electron chi connectivity index (χ2n) is 7.53. The highest BCUT2D eigenvalue weighted by Crippen LogP contribution is 2.31. The molecule has 1 unspecified atom stereocenters. The lowest BCUT2D eigenvalue weighted by Crippen LogP contribution is -2.24. The molecule has 9 heteroatoms. The Bertz CT molecular complexity index is 1220. The molecule has 0 fully saturated rings. The van der Waals surface area contributed by atoms with Gasteiger partial charge in [-0.2, -0.15) is 0 Å². The topological polar surface area (TPSA) is 80.2 Å². The Hall–Kier alpha value is -3.33. The molecule has 0 saturated carbocycles. The van der Waals surface area contributed by atoms with E-state index in [0.717, 1.165) is 11.1 Å². The van der Waals surface area contributed by atoms with E-state index in [0.29, 0.717) is 33.0 Å². The highest BCUT2D eigenvalue weighted by atomic mass is 35.5. The van der Waals surface area contributed by atoms with E-state index >= 15 is 0 Å². The van der Waals surface area contributed by atoms with Crippen molar-refractivity contribution in [3.63, 3.8) is 0 Å². The van der Waals surface area contributed by atoms with Gasteiger partial charge in [-0.05, 0) is 50.0 Å². The van der Waals surface area contributed by atoms with Crippen LogP contribution in [-0.2, 0) is 0 Å². The fourth-order valence-electron chi connectivity index (χ4n) is 3.16. The number of hydrogen-bond acceptors (Lipinski definition) is 7. The Balaban J connectivity index is 1.46. The summed E-state index contributed by atoms with van der Waals surface area (Å²) in [6, 6.07) is 18.6. The minimum Gasteiger partial charge on any atom is -0.483 e. The molecular weight excluding hydrogens is 458 g/mol. The number of amides is 1. The van der Waals surface area contributed by atoms with Gasteiger partial charge in [0.25, 0.3) is 5.91 Å². The molecule has 1 amide bonds. The van der Waals surface area contributed by atoms with Crippen LogP contribution < -0.4 is 10.1 Å². The van der Waals surface area contributed by atoms with Gasteiger partial charge in [-0.1, -0.05) is 53.3 Å². The largest absolute Gasteiger partial charge is 0.483 e. The first-order valence-corrected chi connectivity index (χ1v) is 11.4. The second-order valence-corrected chi connectivity index (χ2v) is 8.91. The van der Waals surface area contributed by atoms with E-state index in [1.54, 1.807) is 30.6 Å². The number of halogens is 1. The standard InChI is InChI=1S/C24H22ClN5O2S/c1-30(2)15-21(16-6-4-3-5-7-16)32-20-9-8-18(14-19(20)25)22(31)27-24-29-28-23(33-24)17-10-12-26-13-11-17/h3-14,21H,15H2,1-2H3,(H,27,29,31). The van der Waals surface area contributed by atoms with Crippen molar-refractivity contribution < 1.29 is 9.53 Å². The molecule has 0 saturated heterocycles. The maximum absolute atomic E-state index is 12.7. The van der Waals surface area contributed by atoms with Crippen LogP contribution in [0.3, 0.4) is 0 Å². The average Bonchev–Trinajstić information content (AvgIpc) is 3.29. The number of hydrogen-bond donors (Lipinski definition) is 1. The Labute approximate surface area is 201 Å². The average molecular weight is 480 g/mol. The molecule has 0 aliphatic carbocycles. The third kappa shape index (κ3) is 5.92. The fourth-order valence-corrected chi connectivity index (χ4v) is 4.12. The molecule has 0 bridgehead atoms. The van der Waals surface area contributed by atoms with Crippen molar-refractivity contribution in [2.75, 3.05) is 26.0 Å². The van der Waals surface area contributed by atoms with E-state index in [9.17, 15) is 4.79 Å². The summed E-state index contributed by atoms with van der Waals surface area (Å²) in [5, 5.41) is 12.4. The molecule has 0 spiro atoms. The summed E-state index contributed by atoms with van der Waals surface area (Å²) < 4.78 is 6.22. The van der Waals surface area contributed by atoms with Crippen LogP contribution in [-0.4, -0.2) is 46.6 Å². The van der Waals surface area contributed by atoms with Gasteiger partial charge in [-0.25, -0.2) is 0 Å². The predicted molar refractivity (Wildman–Crippen MR) is 131 cm³/mol. The summed E-state index contributed by atoms with van der Waals surface area (Å²) in [5.74, 6) is 0.189. The smallest absolute Gasteiger partial charge is 0.257 e. The summed E-state index contributed by atoms with van der Waals surface area (Å²) in [6.45, 7) is 0.680. The number of carbonyl (C=O) groups is 1. The number of carbonyl (C=O) groups excluding carboxylic acids is 1. The van der Waals surface area contributed by atoms with E-state index in [4.69, 9.17) is 16.3 Å². The number of anilines is 1. The van der Waals surface area contributed by atoms with Crippen LogP contribution in [0.1, 0.15) is 22.0 Å². The van der Waals surface area contributed by atoms with Gasteiger partial charge in [0.2, 0.25) is 5.13 Å². The van der Waals surface area contributed by atoms with Crippen molar-refractivity contribution in [1.29, 1.82) is 0 Å². The number of likely N-dealkylation sites (N-methyl/N-ethyl adjacent to an activating group) is 1. The van der Waals surface area contributed by atoms with Crippen molar-refractivity contribution in [1.82, 2.24) is 20.1 Å². The van der Waals surface area contributed by atoms with E-state index in [1.807, 2.05) is 56.6 Å². The van der Waals surface area contributed by atoms with Gasteiger partial charge >= 0.3 is 0 Å². The summed E-state index contributed by atoms with van der Waals surface area (Å²) in [7, 11) is 3.98. The molecule has 0 aliphatic heterocycles. The first-order chi connectivity index (χ1) is 16.0. The van der Waals surface area contributed by atoms with Gasteiger partial charge in [0.15, 0.2) is 0 Å². The van der Waals surface area contributed by atoms with Crippen molar-refractivity contribution in [3.8, 4) is 16.3 Å². The monoisotopic (exact) mass is 479 g/mol. The van der Waals surface area contributed by atoms with E-state index in [2.05, 4.69) is 25.4 Å². The zero-order valence-electron chi connectivity index (χ0n) is 18.1. The maximum Gasteiger partial charge on any atom is 0.257 e. The first kappa shape index (κ1) is 22.8. The van der Waals surface area contributed by atoms with Gasteiger partial charge in [0.1, 0.15) is 16.9 Å². The Morgan fingerprint density at radius 2 is 1.85 bits per heavy atom. The lowest BCUT2D eigenvalue weighted by Gasteiger charge is -2.23. The van der Waals surface area contributed by atoms with Crippen LogP contribution in [0.5, 0.6) is 5.75 Å². The predicted octanol–water partition coefficient (Wildman–Crippen LogP) is 5.19. The molecule has 33 heavy (non-hydrogen) atoms. The quantitative estimate of drug-likeness (QED) is 0.374. The molecule has 1 N–H and O–H groups in total. The lowest BCUT2D eigenvalue weighted by molar-refractivity contribution is 0.102. The van der Waals surface area contributed by atoms with Crippen LogP contribution in [0, 0.1) is 0 Å². The minimum absolute atomic E-state index is 0.202. The van der Waals surface area contributed by atoms with Crippen molar-refractivity contribution in [2.45, 2.75) is 6.10 Å². The van der Waals surface area contributed by atoms with Crippen molar-refractivity contribution >= 4 is 34.0 Å². The molecule has 1 atom stereocenters. The second kappa shape index (κ2) is 10.5. The molecule has 4 rings (SSSR count). The highest BCUT2D eigenvalue weighted by molar-refractivity contribution is 7.18. The SMILES string of the molecule is CN(C)CC(Oc1ccc(C(=O)Nc2nnc(-c3ccncc3)s2)cc1Cl)c1ccccc1. The number of aromatic nitrogens is 3. The normalized spacial score (nSPS) is 11.9. The van der Waals surface area contributed by atoms with Crippen molar-refractivity contribution in [2.24, 2.45) is 0 Å². The number of benzene rings is 2. The number of nitrogens with one attached hydrogen (secondary N) is 1. The molecule has 7 nitrogen and oxygen atoms in total. The van der Waals surface area contributed by atoms with E-state index < -0.39 is 0 Å². The molecular formula is C24H22ClN5O2S. The van der Waals surface area contributed by atoms with Crippen LogP contribution in [0.25, 0.3) is 10.6 Å². The van der Waals surface area contributed by atoms with Crippen LogP contribution in [0.2, 0.25) is 5.02 Å². The summed E-state index contributed by atoms with van der Waals surface area (Å²) >= 11 is 7.76. The summed E-state index contributed by atoms with van der Waals surface area (Å²) in [5.41, 5.74) is 2.33. The molecule has 0 radical (unpaired) electrons. The van der Waals surface area contributed by atoms with Crippen molar-refractivity contribution in [3.05, 3.63) is 89.2 Å². The summed E-state index contributed by atoms with van der Waals surface area (Å²) in [4.78, 5) is 18.8. The Morgan fingerprint density at radius 1 is 1.09 bits per heavy atom. The number of nitrogens with zero attached hydrogens (tertiary/aromatic N) is 4. The zero-order valence-corrected chi connectivity index (χ0v) is 19.7. The van der Waals surface area contributed by atoms with Gasteiger partial charge < -0.3 is 9.64 Å². The zero-order chi connectivity index (χ0) is 23.2. The minimum atomic E-state index is -0.325. The summed E-state index contributed by atoms with van der Waals surface area (Å²) in [6.07, 6.45) is 3.16. The van der Waals surface area contributed by atoms with Crippen LogP contribution >= 0.6 is 22.9 Å². The molecule has 2 aromatic carbocycles. The molecule has 4 aromatic rings. The van der Waals surface area contributed by atoms with E-state index in [1.165, 1.54) is 11.3 Å². The molecule has 2 aromatic heterocycles. The Morgan fingerprint density at radius 3 is 2.55 bits per heavy atom. The number of pyridine rings is 1. The van der Waals surface area contributed by atoms with Gasteiger partial charge in [0, 0.05) is 30.1 Å². The first-order valence-electron chi connectivity index (χ1n) is 10.2. The van der Waals surface area contributed by atoms with Gasteiger partial charge in [-0.3, -0.25) is 15.1 Å². The molecule has 168 valence electrons. The third-order valence-corrected chi connectivity index (χ3v) is 5.92. The van der Waals surface area contributed by atoms with Crippen LogP contribution in [0.15, 0.2) is 73.1 Å². The van der Waals surface area contributed by atoms with E-state index in [-0.39, 0.29) is 12.0 Å². The number of rotatable bonds is 8. The fraction of sp³-hybridized carbons (Fsp3) is 0.167. The maximum atomic E-state index is 12.7. The molecule has 0 aliphatic rings. The van der Waals surface area contributed by atoms with Gasteiger partial charge in [0.05, 0.1) is 5.02 Å². The molecule has 2 heterocycles. The van der Waals surface area contributed by atoms with Crippen LogP contribution in [0.4, 0.5) is 5.13 Å². The Kier molecular flexibility index (Phi) is 7.29.